The van der Waals surface area contributed by atoms with Crippen LogP contribution in [0.4, 0.5) is 0 Å². The average Bonchev–Trinajstić information content (AvgIpc) is 3.32. The molecule has 0 amide bonds. The van der Waals surface area contributed by atoms with E-state index in [0.29, 0.717) is 30.8 Å². The Hall–Kier alpha value is -2.07. The van der Waals surface area contributed by atoms with Gasteiger partial charge in [-0.25, -0.2) is 0 Å². The quantitative estimate of drug-likeness (QED) is 0.323. The lowest BCUT2D eigenvalue weighted by atomic mass is 9.70. The Morgan fingerprint density at radius 3 is 2.50 bits per heavy atom. The minimum absolute atomic E-state index is 0.0135. The van der Waals surface area contributed by atoms with Gasteiger partial charge < -0.3 is 33.5 Å². The van der Waals surface area contributed by atoms with Crippen molar-refractivity contribution in [2.45, 2.75) is 115 Å². The number of methoxy groups -OCH3 is 2. The molecule has 244 valence electrons. The molecule has 8 heteroatoms. The Morgan fingerprint density at radius 2 is 1.80 bits per heavy atom. The van der Waals surface area contributed by atoms with E-state index >= 15 is 0 Å². The molecular formula is C36H52O8. The summed E-state index contributed by atoms with van der Waals surface area (Å²) >= 11 is 0. The van der Waals surface area contributed by atoms with E-state index in [0.717, 1.165) is 17.6 Å². The summed E-state index contributed by atoms with van der Waals surface area (Å²) < 4.78 is 37.7. The van der Waals surface area contributed by atoms with E-state index in [1.54, 1.807) is 20.3 Å². The van der Waals surface area contributed by atoms with Gasteiger partial charge in [-0.2, -0.15) is 0 Å². The predicted molar refractivity (Wildman–Crippen MR) is 168 cm³/mol. The summed E-state index contributed by atoms with van der Waals surface area (Å²) in [4.78, 5) is 14.1. The molecule has 0 aromatic rings. The topological polar surface area (TPSA) is 92.7 Å². The van der Waals surface area contributed by atoms with Crippen molar-refractivity contribution in [1.29, 1.82) is 0 Å². The molecule has 1 aliphatic carbocycles. The number of allylic oxidation sites excluding steroid dienone is 2. The van der Waals surface area contributed by atoms with Crippen LogP contribution < -0.4 is 0 Å². The molecule has 1 N–H and O–H groups in total. The maximum Gasteiger partial charge on any atom is 0.316 e. The Labute approximate surface area is 263 Å². The van der Waals surface area contributed by atoms with Crippen LogP contribution >= 0.6 is 0 Å². The summed E-state index contributed by atoms with van der Waals surface area (Å²) in [6.07, 6.45) is 14.5. The van der Waals surface area contributed by atoms with Gasteiger partial charge in [0.15, 0.2) is 5.79 Å². The van der Waals surface area contributed by atoms with E-state index in [2.05, 4.69) is 52.8 Å². The summed E-state index contributed by atoms with van der Waals surface area (Å²) in [6.45, 7) is 12.8. The van der Waals surface area contributed by atoms with Gasteiger partial charge in [0.25, 0.3) is 0 Å². The number of hydrogen-bond donors (Lipinski definition) is 1. The first-order valence-corrected chi connectivity index (χ1v) is 16.3. The molecule has 0 aromatic carbocycles. The van der Waals surface area contributed by atoms with Crippen LogP contribution in [0.25, 0.3) is 0 Å². The Morgan fingerprint density at radius 1 is 1.05 bits per heavy atom. The molecule has 5 rings (SSSR count). The van der Waals surface area contributed by atoms with Gasteiger partial charge in [-0.05, 0) is 49.0 Å². The van der Waals surface area contributed by atoms with Crippen LogP contribution in [0, 0.1) is 23.7 Å². The summed E-state index contributed by atoms with van der Waals surface area (Å²) in [7, 11) is 3.33. The molecule has 2 saturated heterocycles. The fourth-order valence-corrected chi connectivity index (χ4v) is 7.84. The van der Waals surface area contributed by atoms with Crippen molar-refractivity contribution in [3.63, 3.8) is 0 Å². The molecule has 5 aliphatic rings. The second-order valence-electron chi connectivity index (χ2n) is 13.6. The largest absolute Gasteiger partial charge is 0.462 e. The Bertz CT molecular complexity index is 1220. The van der Waals surface area contributed by atoms with Gasteiger partial charge in [0.1, 0.15) is 29.8 Å². The smallest absolute Gasteiger partial charge is 0.316 e. The molecule has 12 atom stereocenters. The van der Waals surface area contributed by atoms with Gasteiger partial charge in [-0.15, -0.1) is 0 Å². The van der Waals surface area contributed by atoms with Crippen LogP contribution in [-0.4, -0.2) is 79.9 Å². The van der Waals surface area contributed by atoms with Gasteiger partial charge in [-0.3, -0.25) is 4.79 Å². The first kappa shape index (κ1) is 33.3. The number of fused-ring (bicyclic) bond motifs is 2. The monoisotopic (exact) mass is 612 g/mol. The zero-order valence-electron chi connectivity index (χ0n) is 27.7. The Balaban J connectivity index is 1.56. The molecule has 44 heavy (non-hydrogen) atoms. The third kappa shape index (κ3) is 6.18. The summed E-state index contributed by atoms with van der Waals surface area (Å²) in [5, 5.41) is 12.4. The van der Waals surface area contributed by atoms with Gasteiger partial charge >= 0.3 is 5.97 Å². The fourth-order valence-electron chi connectivity index (χ4n) is 7.84. The lowest BCUT2D eigenvalue weighted by Crippen LogP contribution is -2.58. The van der Waals surface area contributed by atoms with Gasteiger partial charge in [0.2, 0.25) is 0 Å². The number of hydrogen-bond acceptors (Lipinski definition) is 8. The highest BCUT2D eigenvalue weighted by molar-refractivity contribution is 5.78. The van der Waals surface area contributed by atoms with Crippen molar-refractivity contribution in [2.75, 3.05) is 20.8 Å². The molecule has 2 fully saturated rings. The van der Waals surface area contributed by atoms with Crippen LogP contribution in [0.1, 0.15) is 67.2 Å². The second-order valence-corrected chi connectivity index (χ2v) is 13.6. The molecule has 8 nitrogen and oxygen atoms in total. The van der Waals surface area contributed by atoms with E-state index in [-0.39, 0.29) is 36.8 Å². The molecule has 4 aliphatic heterocycles. The average molecular weight is 613 g/mol. The zero-order chi connectivity index (χ0) is 31.8. The first-order valence-electron chi connectivity index (χ1n) is 16.3. The standard InChI is InChI=1S/C36H52O8/c1-9-21(2)31-24(5)15-16-35(44-31)19-28-18-27(43-35)14-13-23(4)30(39-7)22(3)11-10-12-26-20-41-33-32(40-8)25(6)17-29(34(37)42-28)36(26,33)38/h10-13,15-17,21-22,24,27-33,38H,9,14,18-20H2,1-8H3/t21?,22-,24-,27+,28-,29-,30-,31+,32+,33+,35+,36+/m0/s1. The van der Waals surface area contributed by atoms with Crippen LogP contribution in [0.2, 0.25) is 0 Å². The summed E-state index contributed by atoms with van der Waals surface area (Å²) in [5.41, 5.74) is 0.945. The van der Waals surface area contributed by atoms with Crippen LogP contribution in [0.15, 0.2) is 59.3 Å². The Kier molecular flexibility index (Phi) is 10.1. The maximum atomic E-state index is 14.1. The SMILES string of the molecule is CCC(C)[C@H]1O[C@]2(C=C[C@@H]1C)C[C@@H]1C[C@@H](CC=C(C)[C@@H](OC)[C@@H](C)C=CC=C3CO[C@@H]4[C@H](OC)C(C)=C[C@@H](C(=O)O1)[C@]34O)O2. The van der Waals surface area contributed by atoms with Crippen molar-refractivity contribution in [1.82, 2.24) is 0 Å². The van der Waals surface area contributed by atoms with Crippen LogP contribution in [0.5, 0.6) is 0 Å². The molecule has 1 unspecified atom stereocenters. The van der Waals surface area contributed by atoms with Crippen LogP contribution in [-0.2, 0) is 33.2 Å². The molecule has 0 radical (unpaired) electrons. The summed E-state index contributed by atoms with van der Waals surface area (Å²) in [5.74, 6) is -1.79. The van der Waals surface area contributed by atoms with Crippen molar-refractivity contribution >= 4 is 5.97 Å². The van der Waals surface area contributed by atoms with Gasteiger partial charge in [0.05, 0.1) is 24.9 Å². The molecule has 0 saturated carbocycles. The third-order valence-corrected chi connectivity index (χ3v) is 10.5. The fraction of sp³-hybridized carbons (Fsp3) is 0.694. The highest BCUT2D eigenvalue weighted by Crippen LogP contribution is 2.47. The number of rotatable bonds is 4. The van der Waals surface area contributed by atoms with E-state index < -0.39 is 41.6 Å². The van der Waals surface area contributed by atoms with Crippen molar-refractivity contribution in [2.24, 2.45) is 23.7 Å². The normalized spacial score (nSPS) is 43.5. The number of esters is 1. The molecule has 4 heterocycles. The molecule has 0 aromatic heterocycles. The van der Waals surface area contributed by atoms with E-state index in [1.165, 1.54) is 0 Å². The molecule has 2 bridgehead atoms. The number of aliphatic hydroxyl groups is 1. The minimum Gasteiger partial charge on any atom is -0.462 e. The maximum absolute atomic E-state index is 14.1. The van der Waals surface area contributed by atoms with E-state index in [9.17, 15) is 9.90 Å². The number of carbonyl (C=O) groups is 1. The minimum atomic E-state index is -1.61. The highest BCUT2D eigenvalue weighted by atomic mass is 16.7. The number of ether oxygens (including phenoxy) is 6. The van der Waals surface area contributed by atoms with Gasteiger partial charge in [-0.1, -0.05) is 70.6 Å². The van der Waals surface area contributed by atoms with E-state index in [4.69, 9.17) is 28.4 Å². The lowest BCUT2D eigenvalue weighted by Gasteiger charge is -2.48. The zero-order valence-corrected chi connectivity index (χ0v) is 27.7. The van der Waals surface area contributed by atoms with Crippen molar-refractivity contribution in [3.05, 3.63) is 59.3 Å². The van der Waals surface area contributed by atoms with Crippen molar-refractivity contribution < 1.29 is 38.3 Å². The van der Waals surface area contributed by atoms with Crippen molar-refractivity contribution in [3.8, 4) is 0 Å². The highest BCUT2D eigenvalue weighted by Gasteiger charge is 2.60. The van der Waals surface area contributed by atoms with Crippen LogP contribution in [0.3, 0.4) is 0 Å². The molecular weight excluding hydrogens is 560 g/mol. The lowest BCUT2D eigenvalue weighted by molar-refractivity contribution is -0.300. The van der Waals surface area contributed by atoms with Gasteiger partial charge in [0, 0.05) is 38.9 Å². The predicted octanol–water partition coefficient (Wildman–Crippen LogP) is 5.62. The van der Waals surface area contributed by atoms with E-state index in [1.807, 2.05) is 25.2 Å². The third-order valence-electron chi connectivity index (χ3n) is 10.5. The number of carbonyl (C=O) groups excluding carboxylic acids is 1. The second kappa shape index (κ2) is 13.3. The molecule has 1 spiro atoms. The first-order chi connectivity index (χ1) is 21.0. The summed E-state index contributed by atoms with van der Waals surface area (Å²) in [6, 6.07) is 0.